The monoisotopic (exact) mass is 167 g/mol. The van der Waals surface area contributed by atoms with Crippen LogP contribution in [0.4, 0.5) is 0 Å². The molecular formula is C8H9NO3. The number of aryl methyl sites for hydroxylation is 1. The van der Waals surface area contributed by atoms with Crippen LogP contribution in [0.3, 0.4) is 0 Å². The van der Waals surface area contributed by atoms with Crippen LogP contribution < -0.4 is 5.48 Å². The lowest BCUT2D eigenvalue weighted by Gasteiger charge is -1.95. The molecule has 0 atom stereocenters. The van der Waals surface area contributed by atoms with Gasteiger partial charge in [0.1, 0.15) is 0 Å². The molecule has 4 nitrogen and oxygen atoms in total. The number of hydrogen-bond acceptors (Lipinski definition) is 3. The van der Waals surface area contributed by atoms with Crippen LogP contribution in [0.2, 0.25) is 0 Å². The first-order valence-electron chi connectivity index (χ1n) is 3.86. The molecule has 0 unspecified atom stereocenters. The summed E-state index contributed by atoms with van der Waals surface area (Å²) in [7, 11) is 0. The molecule has 1 aromatic heterocycles. The van der Waals surface area contributed by atoms with Crippen molar-refractivity contribution in [2.45, 2.75) is 19.3 Å². The SMILES string of the molecule is O=C(NO)c1occ2c1CCC2. The molecule has 1 aliphatic rings. The van der Waals surface area contributed by atoms with Crippen molar-refractivity contribution in [3.8, 4) is 0 Å². The van der Waals surface area contributed by atoms with Crippen molar-refractivity contribution in [1.82, 2.24) is 5.48 Å². The van der Waals surface area contributed by atoms with Gasteiger partial charge in [0, 0.05) is 5.56 Å². The maximum absolute atomic E-state index is 11.0. The molecule has 0 saturated carbocycles. The minimum Gasteiger partial charge on any atom is -0.459 e. The third-order valence-electron chi connectivity index (χ3n) is 2.16. The van der Waals surface area contributed by atoms with E-state index in [9.17, 15) is 4.79 Å². The van der Waals surface area contributed by atoms with E-state index < -0.39 is 5.91 Å². The Labute approximate surface area is 69.1 Å². The smallest absolute Gasteiger partial charge is 0.310 e. The molecule has 0 fully saturated rings. The predicted molar refractivity (Wildman–Crippen MR) is 40.0 cm³/mol. The molecule has 0 aliphatic heterocycles. The molecule has 1 aliphatic carbocycles. The number of carbonyl (C=O) groups excluding carboxylic acids is 1. The summed E-state index contributed by atoms with van der Waals surface area (Å²) in [5.41, 5.74) is 3.60. The van der Waals surface area contributed by atoms with E-state index >= 15 is 0 Å². The summed E-state index contributed by atoms with van der Waals surface area (Å²) in [4.78, 5) is 11.0. The predicted octanol–water partition coefficient (Wildman–Crippen LogP) is 0.887. The van der Waals surface area contributed by atoms with E-state index in [1.165, 1.54) is 0 Å². The van der Waals surface area contributed by atoms with Crippen molar-refractivity contribution >= 4 is 5.91 Å². The molecule has 1 aromatic rings. The van der Waals surface area contributed by atoms with Gasteiger partial charge >= 0.3 is 5.91 Å². The average Bonchev–Trinajstić information content (AvgIpc) is 2.62. The Morgan fingerprint density at radius 3 is 3.17 bits per heavy atom. The summed E-state index contributed by atoms with van der Waals surface area (Å²) in [6.45, 7) is 0. The summed E-state index contributed by atoms with van der Waals surface area (Å²) in [6, 6.07) is 0. The molecule has 64 valence electrons. The zero-order valence-corrected chi connectivity index (χ0v) is 6.46. The Morgan fingerprint density at radius 1 is 1.58 bits per heavy atom. The molecule has 0 bridgehead atoms. The molecule has 0 saturated heterocycles. The molecule has 0 spiro atoms. The first kappa shape index (κ1) is 7.36. The Bertz CT molecular complexity index is 316. The number of rotatable bonds is 1. The van der Waals surface area contributed by atoms with Crippen LogP contribution in [0, 0.1) is 0 Å². The highest BCUT2D eigenvalue weighted by Crippen LogP contribution is 2.26. The minimum absolute atomic E-state index is 0.255. The first-order chi connectivity index (χ1) is 5.83. The minimum atomic E-state index is -0.557. The molecule has 2 rings (SSSR count). The van der Waals surface area contributed by atoms with Crippen LogP contribution in [0.5, 0.6) is 0 Å². The normalized spacial score (nSPS) is 14.4. The Balaban J connectivity index is 2.39. The van der Waals surface area contributed by atoms with Gasteiger partial charge < -0.3 is 4.42 Å². The quantitative estimate of drug-likeness (QED) is 0.482. The van der Waals surface area contributed by atoms with Crippen LogP contribution in [0.25, 0.3) is 0 Å². The van der Waals surface area contributed by atoms with Crippen molar-refractivity contribution in [1.29, 1.82) is 0 Å². The van der Waals surface area contributed by atoms with E-state index in [1.807, 2.05) is 0 Å². The Morgan fingerprint density at radius 2 is 2.42 bits per heavy atom. The zero-order chi connectivity index (χ0) is 8.55. The molecule has 0 radical (unpaired) electrons. The van der Waals surface area contributed by atoms with Gasteiger partial charge in [-0.2, -0.15) is 0 Å². The Hall–Kier alpha value is -1.29. The number of amides is 1. The van der Waals surface area contributed by atoms with Crippen LogP contribution in [0.1, 0.15) is 28.1 Å². The van der Waals surface area contributed by atoms with E-state index in [4.69, 9.17) is 9.62 Å². The van der Waals surface area contributed by atoms with Gasteiger partial charge in [0.2, 0.25) is 0 Å². The summed E-state index contributed by atoms with van der Waals surface area (Å²) in [5, 5.41) is 8.38. The van der Waals surface area contributed by atoms with Crippen molar-refractivity contribution < 1.29 is 14.4 Å². The molecular weight excluding hydrogens is 158 g/mol. The van der Waals surface area contributed by atoms with E-state index in [0.29, 0.717) is 0 Å². The van der Waals surface area contributed by atoms with Gasteiger partial charge in [-0.15, -0.1) is 0 Å². The highest BCUT2D eigenvalue weighted by atomic mass is 16.5. The zero-order valence-electron chi connectivity index (χ0n) is 6.46. The standard InChI is InChI=1S/C8H9NO3/c10-8(9-11)7-6-3-1-2-5(6)4-12-7/h4,11H,1-3H2,(H,9,10). The van der Waals surface area contributed by atoms with E-state index in [-0.39, 0.29) is 5.76 Å². The number of fused-ring (bicyclic) bond motifs is 1. The van der Waals surface area contributed by atoms with E-state index in [2.05, 4.69) is 0 Å². The van der Waals surface area contributed by atoms with Crippen molar-refractivity contribution in [3.05, 3.63) is 23.2 Å². The topological polar surface area (TPSA) is 62.5 Å². The molecule has 1 heterocycles. The maximum Gasteiger partial charge on any atom is 0.310 e. The highest BCUT2D eigenvalue weighted by molar-refractivity contribution is 5.92. The van der Waals surface area contributed by atoms with Gasteiger partial charge in [0.15, 0.2) is 5.76 Å². The fourth-order valence-electron chi connectivity index (χ4n) is 1.60. The maximum atomic E-state index is 11.0. The fourth-order valence-corrected chi connectivity index (χ4v) is 1.60. The molecule has 12 heavy (non-hydrogen) atoms. The number of furan rings is 1. The highest BCUT2D eigenvalue weighted by Gasteiger charge is 2.22. The number of carbonyl (C=O) groups is 1. The van der Waals surface area contributed by atoms with Gasteiger partial charge in [-0.25, -0.2) is 5.48 Å². The summed E-state index contributed by atoms with van der Waals surface area (Å²) in [6.07, 6.45) is 4.49. The molecule has 4 heteroatoms. The summed E-state index contributed by atoms with van der Waals surface area (Å²) < 4.78 is 5.02. The largest absolute Gasteiger partial charge is 0.459 e. The van der Waals surface area contributed by atoms with Gasteiger partial charge in [-0.1, -0.05) is 0 Å². The lowest BCUT2D eigenvalue weighted by Crippen LogP contribution is -2.19. The van der Waals surface area contributed by atoms with Crippen LogP contribution in [0.15, 0.2) is 10.7 Å². The second-order valence-electron chi connectivity index (χ2n) is 2.86. The third-order valence-corrected chi connectivity index (χ3v) is 2.16. The van der Waals surface area contributed by atoms with Gasteiger partial charge in [-0.3, -0.25) is 10.0 Å². The van der Waals surface area contributed by atoms with Gasteiger partial charge in [0.25, 0.3) is 0 Å². The van der Waals surface area contributed by atoms with Crippen LogP contribution in [-0.4, -0.2) is 11.1 Å². The van der Waals surface area contributed by atoms with Crippen molar-refractivity contribution in [3.63, 3.8) is 0 Å². The van der Waals surface area contributed by atoms with Gasteiger partial charge in [-0.05, 0) is 24.8 Å². The van der Waals surface area contributed by atoms with Crippen molar-refractivity contribution in [2.75, 3.05) is 0 Å². The summed E-state index contributed by atoms with van der Waals surface area (Å²) >= 11 is 0. The van der Waals surface area contributed by atoms with Crippen LogP contribution in [-0.2, 0) is 12.8 Å². The lowest BCUT2D eigenvalue weighted by atomic mass is 10.2. The second kappa shape index (κ2) is 2.64. The third kappa shape index (κ3) is 0.921. The van der Waals surface area contributed by atoms with Crippen molar-refractivity contribution in [2.24, 2.45) is 0 Å². The number of hydroxylamine groups is 1. The lowest BCUT2D eigenvalue weighted by molar-refractivity contribution is 0.0674. The molecule has 1 amide bonds. The van der Waals surface area contributed by atoms with Gasteiger partial charge in [0.05, 0.1) is 6.26 Å². The second-order valence-corrected chi connectivity index (χ2v) is 2.86. The van der Waals surface area contributed by atoms with Crippen LogP contribution >= 0.6 is 0 Å². The molecule has 2 N–H and O–H groups in total. The summed E-state index contributed by atoms with van der Waals surface area (Å²) in [5.74, 6) is -0.303. The number of hydrogen-bond donors (Lipinski definition) is 2. The first-order valence-corrected chi connectivity index (χ1v) is 3.86. The van der Waals surface area contributed by atoms with E-state index in [0.717, 1.165) is 30.4 Å². The van der Waals surface area contributed by atoms with E-state index in [1.54, 1.807) is 11.7 Å². The average molecular weight is 167 g/mol. The Kier molecular flexibility index (Phi) is 1.62. The fraction of sp³-hybridized carbons (Fsp3) is 0.375. The molecule has 0 aromatic carbocycles. The number of nitrogens with one attached hydrogen (secondary N) is 1.